The van der Waals surface area contributed by atoms with Gasteiger partial charge in [-0.05, 0) is 37.5 Å². The fourth-order valence-electron chi connectivity index (χ4n) is 11.8. The van der Waals surface area contributed by atoms with E-state index in [1.54, 1.807) is 0 Å². The summed E-state index contributed by atoms with van der Waals surface area (Å²) in [4.78, 5) is 72.8. The molecule has 0 aliphatic heterocycles. The molecule has 0 bridgehead atoms. The molecule has 19 heteroatoms. The summed E-state index contributed by atoms with van der Waals surface area (Å²) in [5.74, 6) is -0.573. The number of esters is 4. The van der Waals surface area contributed by atoms with Gasteiger partial charge in [-0.15, -0.1) is 0 Å². The number of hydrogen-bond donors (Lipinski definition) is 3. The molecular formula is C77H150O17P2. The number of aliphatic hydroxyl groups is 1. The zero-order valence-corrected chi connectivity index (χ0v) is 64.5. The summed E-state index contributed by atoms with van der Waals surface area (Å²) in [6.45, 7) is 9.60. The van der Waals surface area contributed by atoms with E-state index in [-0.39, 0.29) is 25.7 Å². The van der Waals surface area contributed by atoms with Gasteiger partial charge in [-0.3, -0.25) is 37.3 Å². The minimum Gasteiger partial charge on any atom is -0.462 e. The van der Waals surface area contributed by atoms with Crippen LogP contribution in [-0.2, 0) is 65.4 Å². The van der Waals surface area contributed by atoms with Gasteiger partial charge in [0.15, 0.2) is 12.2 Å². The van der Waals surface area contributed by atoms with Gasteiger partial charge in [0.2, 0.25) is 0 Å². The van der Waals surface area contributed by atoms with Crippen LogP contribution in [0.15, 0.2) is 0 Å². The summed E-state index contributed by atoms with van der Waals surface area (Å²) >= 11 is 0. The topological polar surface area (TPSA) is 237 Å². The molecule has 6 atom stereocenters. The first-order valence-electron chi connectivity index (χ1n) is 40.0. The van der Waals surface area contributed by atoms with Crippen LogP contribution in [0.2, 0.25) is 0 Å². The fourth-order valence-corrected chi connectivity index (χ4v) is 13.4. The quantitative estimate of drug-likeness (QED) is 0.0222. The first-order chi connectivity index (χ1) is 46.4. The second-order valence-corrected chi connectivity index (χ2v) is 31.4. The van der Waals surface area contributed by atoms with Crippen molar-refractivity contribution in [2.45, 2.75) is 419 Å². The Morgan fingerprint density at radius 1 is 0.302 bits per heavy atom. The van der Waals surface area contributed by atoms with E-state index in [0.29, 0.717) is 25.7 Å². The molecule has 0 amide bonds. The fraction of sp³-hybridized carbons (Fsp3) is 0.948. The maximum absolute atomic E-state index is 13.1. The molecule has 96 heavy (non-hydrogen) atoms. The van der Waals surface area contributed by atoms with Gasteiger partial charge < -0.3 is 33.8 Å². The molecule has 0 aromatic heterocycles. The van der Waals surface area contributed by atoms with Gasteiger partial charge in [0.05, 0.1) is 26.4 Å². The third-order valence-electron chi connectivity index (χ3n) is 18.3. The minimum atomic E-state index is -4.96. The van der Waals surface area contributed by atoms with E-state index in [9.17, 15) is 43.2 Å². The van der Waals surface area contributed by atoms with Crippen LogP contribution in [0.4, 0.5) is 0 Å². The van der Waals surface area contributed by atoms with Crippen LogP contribution < -0.4 is 0 Å². The molecule has 0 spiro atoms. The van der Waals surface area contributed by atoms with Crippen molar-refractivity contribution in [1.82, 2.24) is 0 Å². The smallest absolute Gasteiger partial charge is 0.462 e. The van der Waals surface area contributed by atoms with E-state index in [1.165, 1.54) is 212 Å². The average molecular weight is 1410 g/mol. The normalized spacial score (nSPS) is 14.3. The van der Waals surface area contributed by atoms with Gasteiger partial charge in [-0.2, -0.15) is 0 Å². The van der Waals surface area contributed by atoms with Crippen molar-refractivity contribution in [3.05, 3.63) is 0 Å². The number of unbranched alkanes of at least 4 members (excludes halogenated alkanes) is 45. The number of carbonyl (C=O) groups excluding carboxylic acids is 4. The van der Waals surface area contributed by atoms with Crippen LogP contribution in [0.1, 0.15) is 401 Å². The maximum Gasteiger partial charge on any atom is 0.472 e. The summed E-state index contributed by atoms with van der Waals surface area (Å²) < 4.78 is 68.6. The number of phosphoric acid groups is 2. The Morgan fingerprint density at radius 3 is 0.792 bits per heavy atom. The molecule has 0 aromatic carbocycles. The van der Waals surface area contributed by atoms with Crippen molar-refractivity contribution in [3.8, 4) is 0 Å². The largest absolute Gasteiger partial charge is 0.472 e. The van der Waals surface area contributed by atoms with Crippen LogP contribution >= 0.6 is 15.6 Å². The van der Waals surface area contributed by atoms with Crippen LogP contribution in [0.3, 0.4) is 0 Å². The van der Waals surface area contributed by atoms with E-state index in [2.05, 4.69) is 41.5 Å². The summed E-state index contributed by atoms with van der Waals surface area (Å²) in [6, 6.07) is 0. The van der Waals surface area contributed by atoms with Gasteiger partial charge in [-0.1, -0.05) is 350 Å². The molecular weight excluding hydrogens is 1260 g/mol. The Hall–Kier alpha value is -1.94. The number of hydrogen-bond acceptors (Lipinski definition) is 15. The third kappa shape index (κ3) is 69.2. The predicted octanol–water partition coefficient (Wildman–Crippen LogP) is 22.7. The molecule has 570 valence electrons. The molecule has 3 unspecified atom stereocenters. The lowest BCUT2D eigenvalue weighted by molar-refractivity contribution is -0.161. The van der Waals surface area contributed by atoms with Crippen molar-refractivity contribution in [3.63, 3.8) is 0 Å². The number of ether oxygens (including phenoxy) is 4. The summed E-state index contributed by atoms with van der Waals surface area (Å²) in [5, 5.41) is 10.6. The van der Waals surface area contributed by atoms with E-state index in [0.717, 1.165) is 108 Å². The highest BCUT2D eigenvalue weighted by Gasteiger charge is 2.30. The highest BCUT2D eigenvalue weighted by molar-refractivity contribution is 7.47. The third-order valence-corrected chi connectivity index (χ3v) is 20.2. The molecule has 0 aromatic rings. The van der Waals surface area contributed by atoms with Crippen LogP contribution in [0, 0.1) is 11.8 Å². The summed E-state index contributed by atoms with van der Waals surface area (Å²) in [6.07, 6.45) is 56.8. The molecule has 0 heterocycles. The van der Waals surface area contributed by atoms with Crippen LogP contribution in [0.5, 0.6) is 0 Å². The highest BCUT2D eigenvalue weighted by atomic mass is 31.2. The number of aliphatic hydroxyl groups excluding tert-OH is 1. The van der Waals surface area contributed by atoms with Gasteiger partial charge >= 0.3 is 39.5 Å². The van der Waals surface area contributed by atoms with E-state index >= 15 is 0 Å². The second-order valence-electron chi connectivity index (χ2n) is 28.5. The zero-order chi connectivity index (χ0) is 70.7. The number of rotatable bonds is 76. The molecule has 0 fully saturated rings. The van der Waals surface area contributed by atoms with E-state index in [4.69, 9.17) is 37.0 Å². The molecule has 0 aliphatic carbocycles. The lowest BCUT2D eigenvalue weighted by atomic mass is 10.00. The summed E-state index contributed by atoms with van der Waals surface area (Å²) in [5.41, 5.74) is 0. The summed E-state index contributed by atoms with van der Waals surface area (Å²) in [7, 11) is -9.91. The molecule has 0 aliphatic rings. The van der Waals surface area contributed by atoms with E-state index in [1.807, 2.05) is 0 Å². The molecule has 0 saturated heterocycles. The van der Waals surface area contributed by atoms with Crippen molar-refractivity contribution in [2.75, 3.05) is 39.6 Å². The van der Waals surface area contributed by atoms with Gasteiger partial charge in [-0.25, -0.2) is 9.13 Å². The SMILES string of the molecule is CCCCCCCCCCCCCCCCCC(=O)OC[C@H](COP(=O)(O)OC[C@@H](O)COP(=O)(O)OC[C@@H](COC(=O)CCCCCCCCC(C)CC)OC(=O)CCCCCCCCCCCCCC)OC(=O)CCCCCCCCCCCCCCCCCCC(C)C. The Kier molecular flexibility index (Phi) is 67.4. The number of phosphoric ester groups is 2. The van der Waals surface area contributed by atoms with Crippen molar-refractivity contribution in [1.29, 1.82) is 0 Å². The zero-order valence-electron chi connectivity index (χ0n) is 62.7. The highest BCUT2D eigenvalue weighted by Crippen LogP contribution is 2.45. The number of carbonyl (C=O) groups is 4. The lowest BCUT2D eigenvalue weighted by Gasteiger charge is -2.21. The lowest BCUT2D eigenvalue weighted by Crippen LogP contribution is -2.30. The molecule has 0 radical (unpaired) electrons. The molecule has 0 saturated carbocycles. The average Bonchev–Trinajstić information content (AvgIpc) is 1.07. The predicted molar refractivity (Wildman–Crippen MR) is 391 cm³/mol. The van der Waals surface area contributed by atoms with Gasteiger partial charge in [0.25, 0.3) is 0 Å². The van der Waals surface area contributed by atoms with Crippen molar-refractivity contribution >= 4 is 39.5 Å². The standard InChI is InChI=1S/C77H150O17P2/c1-7-10-12-14-16-18-20-22-25-29-33-36-40-47-53-59-74(79)87-65-72(93-77(82)62-56-50-42-38-34-30-27-24-23-26-28-31-35-39-45-51-57-69(4)5)67-91-95(83,84)89-63-71(78)64-90-96(85,86)92-68-73(66-88-75(80)60-54-48-44-43-46-52-58-70(6)9-3)94-76(81)61-55-49-41-37-32-21-19-17-15-13-11-8-2/h69-73,78H,7-68H2,1-6H3,(H,83,84)(H,85,86)/t70?,71-,72-,73-/m1/s1. The molecule has 17 nitrogen and oxygen atoms in total. The van der Waals surface area contributed by atoms with Crippen molar-refractivity contribution < 1.29 is 80.2 Å². The second kappa shape index (κ2) is 68.8. The van der Waals surface area contributed by atoms with Crippen LogP contribution in [-0.4, -0.2) is 96.7 Å². The first kappa shape index (κ1) is 94.1. The van der Waals surface area contributed by atoms with Gasteiger partial charge in [0.1, 0.15) is 19.3 Å². The monoisotopic (exact) mass is 1410 g/mol. The first-order valence-corrected chi connectivity index (χ1v) is 43.0. The Balaban J connectivity index is 5.23. The molecule has 3 N–H and O–H groups in total. The molecule has 0 rings (SSSR count). The van der Waals surface area contributed by atoms with Crippen molar-refractivity contribution in [2.24, 2.45) is 11.8 Å². The Bertz CT molecular complexity index is 1860. The van der Waals surface area contributed by atoms with E-state index < -0.39 is 97.5 Å². The van der Waals surface area contributed by atoms with Crippen LogP contribution in [0.25, 0.3) is 0 Å². The minimum absolute atomic E-state index is 0.107. The Morgan fingerprint density at radius 2 is 0.531 bits per heavy atom. The maximum atomic E-state index is 13.1. The van der Waals surface area contributed by atoms with Gasteiger partial charge in [0, 0.05) is 25.7 Å². The Labute approximate surface area is 588 Å².